The lowest BCUT2D eigenvalue weighted by Crippen LogP contribution is -2.50. The molecule has 5 aromatic carbocycles. The SMILES string of the molecule is CCCC/C=C\C1(c2cc(O)c([C@H]3C=C(C)[C@H]4C[C@@H]3C4(C)C)c(O)c2)CCCC1.CCCCCCC1(c2cc(O)c([C@H]3C=C(C)[C@H]4C[C@@H]3C4(C)C)c(O)c2)CCC1.CCCCCCC1(c2cc(O)c([C@H]3C=C(C)[C@H]4C[C@@H]3C4(C)C)c(O)c2)CCCC1.CCCCCCC1(c2cc(O)c([C@H]3C=C(C)[C@H]4C[C@@H]3C4(C)C)c(O)c2)CCCC1.CCCCCCC1(c2cc(O)c([C@H]3C=C(C)[C@H]4C[C@@H]3C4(C)C)c(O)c2)SCCS1. The van der Waals surface area contributed by atoms with Gasteiger partial charge in [0.15, 0.2) is 0 Å². The van der Waals surface area contributed by atoms with Crippen molar-refractivity contribution >= 4 is 23.5 Å². The van der Waals surface area contributed by atoms with Crippen LogP contribution in [-0.2, 0) is 25.7 Å². The van der Waals surface area contributed by atoms with E-state index >= 15 is 0 Å². The van der Waals surface area contributed by atoms with E-state index in [4.69, 9.17) is 0 Å². The summed E-state index contributed by atoms with van der Waals surface area (Å²) in [6.07, 6.45) is 68.7. The molecule has 1 heterocycles. The van der Waals surface area contributed by atoms with Gasteiger partial charge in [-0.2, -0.15) is 0 Å². The second-order valence-corrected chi connectivity index (χ2v) is 55.7. The Morgan fingerprint density at radius 3 is 0.708 bits per heavy atom. The van der Waals surface area contributed by atoms with Crippen LogP contribution >= 0.6 is 23.5 Å². The van der Waals surface area contributed by atoms with E-state index in [0.717, 1.165) is 81.7 Å². The smallest absolute Gasteiger partial charge is 0.123 e. The summed E-state index contributed by atoms with van der Waals surface area (Å²) in [5.74, 6) is 11.8. The molecule has 12 heteroatoms. The van der Waals surface area contributed by atoms with Crippen LogP contribution in [0, 0.1) is 86.3 Å². The summed E-state index contributed by atoms with van der Waals surface area (Å²) in [7, 11) is 0. The van der Waals surface area contributed by atoms with E-state index in [1.54, 1.807) is 0 Å². The highest BCUT2D eigenvalue weighted by atomic mass is 32.2. The summed E-state index contributed by atoms with van der Waals surface area (Å²) in [5.41, 5.74) is 18.3. The fourth-order valence-corrected chi connectivity index (χ4v) is 36.6. The summed E-state index contributed by atoms with van der Waals surface area (Å²) < 4.78 is -0.0135. The third kappa shape index (κ3) is 20.8. The lowest BCUT2D eigenvalue weighted by atomic mass is 9.45. The molecule has 0 radical (unpaired) electrons. The zero-order chi connectivity index (χ0) is 103. The lowest BCUT2D eigenvalue weighted by Gasteiger charge is -2.59. The highest BCUT2D eigenvalue weighted by Gasteiger charge is 2.61. The third-order valence-electron chi connectivity index (χ3n) is 42.8. The van der Waals surface area contributed by atoms with Gasteiger partial charge in [0.2, 0.25) is 0 Å². The first-order valence-corrected chi connectivity index (χ1v) is 60.7. The summed E-state index contributed by atoms with van der Waals surface area (Å²) in [5, 5.41) is 111. The Hall–Kier alpha value is -6.76. The van der Waals surface area contributed by atoms with Gasteiger partial charge < -0.3 is 51.1 Å². The topological polar surface area (TPSA) is 202 Å². The molecule has 15 atom stereocenters. The van der Waals surface area contributed by atoms with Crippen molar-refractivity contribution in [1.82, 2.24) is 0 Å². The first-order valence-electron chi connectivity index (χ1n) is 58.7. The van der Waals surface area contributed by atoms with Gasteiger partial charge in [0.1, 0.15) is 57.5 Å². The van der Waals surface area contributed by atoms with Crippen LogP contribution in [-0.4, -0.2) is 62.6 Å². The highest BCUT2D eigenvalue weighted by Crippen LogP contribution is 2.72. The molecule has 1 aliphatic heterocycles. The number of phenols is 10. The van der Waals surface area contributed by atoms with Crippen LogP contribution in [0.25, 0.3) is 0 Å². The van der Waals surface area contributed by atoms with E-state index in [-0.39, 0.29) is 105 Å². The van der Waals surface area contributed by atoms with Gasteiger partial charge in [0.25, 0.3) is 0 Å². The monoisotopic (exact) mass is 2000 g/mol. The molecule has 20 aliphatic rings. The average molecular weight is 2000 g/mol. The van der Waals surface area contributed by atoms with Crippen LogP contribution in [0.3, 0.4) is 0 Å². The van der Waals surface area contributed by atoms with Gasteiger partial charge in [-0.25, -0.2) is 0 Å². The van der Waals surface area contributed by atoms with Crippen LogP contribution in [0.5, 0.6) is 57.5 Å². The number of fused-ring (bicyclic) bond motifs is 5. The van der Waals surface area contributed by atoms with Gasteiger partial charge in [0, 0.05) is 74.3 Å². The number of hydrogen-bond acceptors (Lipinski definition) is 12. The summed E-state index contributed by atoms with van der Waals surface area (Å²) >= 11 is 3.99. The van der Waals surface area contributed by atoms with E-state index < -0.39 is 0 Å². The first kappa shape index (κ1) is 110. The maximum atomic E-state index is 11.1. The van der Waals surface area contributed by atoms with Gasteiger partial charge in [-0.05, 0) is 341 Å². The van der Waals surface area contributed by atoms with Crippen molar-refractivity contribution < 1.29 is 51.1 Å². The number of rotatable bonds is 34. The molecule has 25 rings (SSSR count). The number of aromatic hydroxyl groups is 10. The number of unbranched alkanes of at least 4 members (excludes halogenated alkanes) is 14. The first-order chi connectivity index (χ1) is 68.5. The van der Waals surface area contributed by atoms with Crippen LogP contribution in [0.4, 0.5) is 0 Å². The molecule has 10 fully saturated rings. The van der Waals surface area contributed by atoms with E-state index in [2.05, 4.69) is 181 Å². The van der Waals surface area contributed by atoms with Gasteiger partial charge in [0.05, 0.1) is 4.08 Å². The Morgan fingerprint density at radius 1 is 0.264 bits per heavy atom. The third-order valence-corrected chi connectivity index (χ3v) is 46.4. The number of hydrogen-bond donors (Lipinski definition) is 10. The Kier molecular flexibility index (Phi) is 33.8. The fraction of sp³-hybridized carbons (Fsp3) is 0.682. The molecule has 10 N–H and O–H groups in total. The van der Waals surface area contributed by atoms with Crippen LogP contribution < -0.4 is 0 Å². The van der Waals surface area contributed by atoms with E-state index in [1.807, 2.05) is 84.2 Å². The molecule has 144 heavy (non-hydrogen) atoms. The van der Waals surface area contributed by atoms with E-state index in [0.29, 0.717) is 93.7 Å². The van der Waals surface area contributed by atoms with Crippen LogP contribution in [0.2, 0.25) is 0 Å². The minimum atomic E-state index is -0.0274. The molecule has 10 nitrogen and oxygen atoms in total. The van der Waals surface area contributed by atoms with Crippen molar-refractivity contribution in [2.24, 2.45) is 86.3 Å². The zero-order valence-corrected chi connectivity index (χ0v) is 94.7. The molecular formula is C132H192O10S2. The molecule has 792 valence electrons. The Balaban J connectivity index is 0.000000129. The minimum absolute atomic E-state index is 0.0135. The number of phenolic OH excluding ortho intramolecular Hbond substituents is 10. The van der Waals surface area contributed by atoms with Crippen molar-refractivity contribution in [3.63, 3.8) is 0 Å². The molecule has 1 saturated heterocycles. The largest absolute Gasteiger partial charge is 0.507 e. The lowest BCUT2D eigenvalue weighted by molar-refractivity contribution is -0.0199. The number of benzene rings is 5. The van der Waals surface area contributed by atoms with Crippen molar-refractivity contribution in [2.45, 2.75) is 470 Å². The maximum absolute atomic E-state index is 11.1. The average Bonchev–Trinajstić information content (AvgIpc) is 0.838. The van der Waals surface area contributed by atoms with Crippen molar-refractivity contribution in [3.8, 4) is 57.5 Å². The standard InChI is InChI=1S/2C27H40O2.C27H38O2.C26H38O2.C25H36O2S2/c3*1-5-6-7-8-11-27(12-9-10-13-27)19-15-23(28)25(24(29)16-19)20-14-18(2)21-17-22(20)26(21,3)4;1-5-6-7-8-10-26(11-9-12-26)18-14-22(27)24(23(28)15-18)19-13-17(2)20-16-21(19)25(20,3)4;1-5-6-7-8-9-25(28-10-11-29-25)17-13-21(26)23(22(27)14-17)18-12-16(2)19-15-20(18)24(19,3)4/h2*14-16,20-22,28-29H,5-13,17H2,1-4H3;8,11,14-16,20-22,28-29H,5-7,9-10,12-13,17H2,1-4H3;13-15,19-21,27-28H,5-12,16H2,1-4H3;12-14,18-20,26-27H,5-11,15H2,1-4H3/b;;11-8-;;/t3*20-,21+,22-;19-,20+,21-;18-,19+,20-/m00000/s1. The van der Waals surface area contributed by atoms with Gasteiger partial charge in [-0.3, -0.25) is 0 Å². The van der Waals surface area contributed by atoms with Gasteiger partial charge >= 0.3 is 0 Å². The molecule has 9 saturated carbocycles. The van der Waals surface area contributed by atoms with E-state index in [9.17, 15) is 51.1 Å². The molecule has 0 spiro atoms. The summed E-state index contributed by atoms with van der Waals surface area (Å²) in [6.45, 7) is 45.8. The van der Waals surface area contributed by atoms with Gasteiger partial charge in [-0.15, -0.1) is 23.5 Å². The molecular weight excluding hydrogens is 1810 g/mol. The Labute approximate surface area is 880 Å². The van der Waals surface area contributed by atoms with Gasteiger partial charge in [-0.1, -0.05) is 335 Å². The van der Waals surface area contributed by atoms with E-state index in [1.165, 1.54) is 289 Å². The second-order valence-electron chi connectivity index (χ2n) is 52.6. The molecule has 0 amide bonds. The molecule has 0 aromatic heterocycles. The Morgan fingerprint density at radius 2 is 0.486 bits per heavy atom. The molecule has 19 aliphatic carbocycles. The predicted octanol–water partition coefficient (Wildman–Crippen LogP) is 37.1. The van der Waals surface area contributed by atoms with Crippen LogP contribution in [0.1, 0.15) is 500 Å². The van der Waals surface area contributed by atoms with Crippen molar-refractivity contribution in [2.75, 3.05) is 11.5 Å². The fourth-order valence-electron chi connectivity index (χ4n) is 33.3. The van der Waals surface area contributed by atoms with Crippen LogP contribution in [0.15, 0.2) is 131 Å². The van der Waals surface area contributed by atoms with Crippen molar-refractivity contribution in [3.05, 3.63) is 187 Å². The quantitative estimate of drug-likeness (QED) is 0.0138. The highest BCUT2D eigenvalue weighted by molar-refractivity contribution is 8.20. The summed E-state index contributed by atoms with van der Waals surface area (Å²) in [4.78, 5) is 0. The number of thioether (sulfide) groups is 2. The minimum Gasteiger partial charge on any atom is -0.507 e. The normalized spacial score (nSPS) is 29.5. The maximum Gasteiger partial charge on any atom is 0.123 e. The zero-order valence-electron chi connectivity index (χ0n) is 93.1. The predicted molar refractivity (Wildman–Crippen MR) is 605 cm³/mol. The summed E-state index contributed by atoms with van der Waals surface area (Å²) in [6, 6.07) is 19.9. The Bertz CT molecular complexity index is 5080. The molecule has 10 bridgehead atoms. The molecule has 0 unspecified atom stereocenters. The number of allylic oxidation sites excluding steroid dienone is 12. The van der Waals surface area contributed by atoms with Crippen molar-refractivity contribution in [1.29, 1.82) is 0 Å². The second kappa shape index (κ2) is 44.3. The molecule has 5 aromatic rings.